The van der Waals surface area contributed by atoms with Crippen molar-refractivity contribution in [3.05, 3.63) is 62.3 Å². The van der Waals surface area contributed by atoms with Gasteiger partial charge in [0.15, 0.2) is 0 Å². The second-order valence-corrected chi connectivity index (χ2v) is 8.27. The van der Waals surface area contributed by atoms with Crippen LogP contribution in [-0.2, 0) is 26.2 Å². The summed E-state index contributed by atoms with van der Waals surface area (Å²) >= 11 is 5.99. The molecule has 2 aliphatic heterocycles. The number of aromatic nitrogens is 2. The van der Waals surface area contributed by atoms with Gasteiger partial charge < -0.3 is 0 Å². The summed E-state index contributed by atoms with van der Waals surface area (Å²) in [5.74, 6) is 1.38. The number of fused-ring (bicyclic) bond motifs is 2. The Balaban J connectivity index is 1.42. The highest BCUT2D eigenvalue weighted by Crippen LogP contribution is 2.31. The van der Waals surface area contributed by atoms with Gasteiger partial charge in [-0.05, 0) is 30.5 Å². The summed E-state index contributed by atoms with van der Waals surface area (Å²) in [4.78, 5) is 25.0. The molecule has 6 heteroatoms. The van der Waals surface area contributed by atoms with Gasteiger partial charge in [0.2, 0.25) is 0 Å². The first-order chi connectivity index (χ1) is 13.2. The van der Waals surface area contributed by atoms with Crippen molar-refractivity contribution in [1.82, 2.24) is 14.5 Å². The summed E-state index contributed by atoms with van der Waals surface area (Å²) in [5, 5.41) is 0.755. The molecule has 0 spiro atoms. The van der Waals surface area contributed by atoms with Gasteiger partial charge in [-0.3, -0.25) is 19.3 Å². The Labute approximate surface area is 163 Å². The van der Waals surface area contributed by atoms with E-state index in [-0.39, 0.29) is 5.56 Å². The number of aliphatic imine (C=N–C) groups is 1. The molecule has 1 aromatic heterocycles. The van der Waals surface area contributed by atoms with Crippen molar-refractivity contribution in [1.29, 1.82) is 0 Å². The smallest absolute Gasteiger partial charge is 0.259 e. The SMILES string of the molecule is O=c1c2c(nc3n1CCN(Cc1ccc(Cl)cc1)C3)C(C1CCCC1)=NC2. The molecule has 0 radical (unpaired) electrons. The Hall–Kier alpha value is -1.98. The third kappa shape index (κ3) is 3.13. The number of rotatable bonds is 3. The molecule has 0 bridgehead atoms. The van der Waals surface area contributed by atoms with Gasteiger partial charge in [-0.2, -0.15) is 0 Å². The van der Waals surface area contributed by atoms with Gasteiger partial charge >= 0.3 is 0 Å². The Morgan fingerprint density at radius 1 is 1.11 bits per heavy atom. The van der Waals surface area contributed by atoms with Crippen LogP contribution in [0.2, 0.25) is 5.02 Å². The number of hydrogen-bond donors (Lipinski definition) is 0. The van der Waals surface area contributed by atoms with Gasteiger partial charge in [-0.1, -0.05) is 36.6 Å². The van der Waals surface area contributed by atoms with Crippen LogP contribution >= 0.6 is 11.6 Å². The molecular weight excluding hydrogens is 360 g/mol. The number of benzene rings is 1. The van der Waals surface area contributed by atoms with Crippen LogP contribution in [0.3, 0.4) is 0 Å². The van der Waals surface area contributed by atoms with Crippen LogP contribution in [0.4, 0.5) is 0 Å². The summed E-state index contributed by atoms with van der Waals surface area (Å²) in [6.45, 7) is 3.60. The maximum atomic E-state index is 13.0. The van der Waals surface area contributed by atoms with E-state index in [2.05, 4.69) is 17.0 Å². The highest BCUT2D eigenvalue weighted by Gasteiger charge is 2.32. The van der Waals surface area contributed by atoms with Crippen LogP contribution in [0.1, 0.15) is 48.3 Å². The quantitative estimate of drug-likeness (QED) is 0.817. The molecule has 27 heavy (non-hydrogen) atoms. The molecule has 1 aliphatic carbocycles. The molecule has 5 rings (SSSR count). The molecule has 0 saturated heterocycles. The first kappa shape index (κ1) is 17.1. The standard InChI is InChI=1S/C21H23ClN4O/c22-16-7-5-14(6-8-16)12-25-9-10-26-18(13-25)24-20-17(21(26)27)11-23-19(20)15-3-1-2-4-15/h5-8,15H,1-4,9-13H2. The third-order valence-corrected chi connectivity index (χ3v) is 6.31. The molecule has 0 amide bonds. The van der Waals surface area contributed by atoms with E-state index < -0.39 is 0 Å². The van der Waals surface area contributed by atoms with Crippen LogP contribution < -0.4 is 5.56 Å². The van der Waals surface area contributed by atoms with Gasteiger partial charge in [-0.25, -0.2) is 4.98 Å². The van der Waals surface area contributed by atoms with Crippen molar-refractivity contribution in [3.63, 3.8) is 0 Å². The van der Waals surface area contributed by atoms with Gasteiger partial charge in [0.1, 0.15) is 5.82 Å². The minimum atomic E-state index is 0.123. The van der Waals surface area contributed by atoms with E-state index in [1.54, 1.807) is 0 Å². The lowest BCUT2D eigenvalue weighted by molar-refractivity contribution is 0.203. The minimum absolute atomic E-state index is 0.123. The highest BCUT2D eigenvalue weighted by atomic mass is 35.5. The number of nitrogens with zero attached hydrogens (tertiary/aromatic N) is 4. The molecule has 5 nitrogen and oxygen atoms in total. The van der Waals surface area contributed by atoms with Crippen molar-refractivity contribution >= 4 is 17.3 Å². The molecular formula is C21H23ClN4O. The summed E-state index contributed by atoms with van der Waals surface area (Å²) in [6, 6.07) is 7.97. The summed E-state index contributed by atoms with van der Waals surface area (Å²) < 4.78 is 1.87. The van der Waals surface area contributed by atoms with Crippen molar-refractivity contribution in [2.45, 2.75) is 51.9 Å². The molecule has 0 atom stereocenters. The first-order valence-electron chi connectivity index (χ1n) is 9.83. The molecule has 2 aromatic rings. The zero-order valence-corrected chi connectivity index (χ0v) is 16.1. The average Bonchev–Trinajstić information content (AvgIpc) is 3.33. The fraction of sp³-hybridized carbons (Fsp3) is 0.476. The predicted octanol–water partition coefficient (Wildman–Crippen LogP) is 3.41. The van der Waals surface area contributed by atoms with Gasteiger partial charge in [0, 0.05) is 30.6 Å². The van der Waals surface area contributed by atoms with Crippen LogP contribution in [0.5, 0.6) is 0 Å². The third-order valence-electron chi connectivity index (χ3n) is 6.06. The second kappa shape index (κ2) is 6.88. The molecule has 1 fully saturated rings. The number of halogens is 1. The van der Waals surface area contributed by atoms with E-state index in [0.717, 1.165) is 40.9 Å². The van der Waals surface area contributed by atoms with Gasteiger partial charge in [-0.15, -0.1) is 0 Å². The van der Waals surface area contributed by atoms with E-state index in [0.29, 0.717) is 25.6 Å². The molecule has 3 aliphatic rings. The number of hydrogen-bond acceptors (Lipinski definition) is 4. The largest absolute Gasteiger partial charge is 0.294 e. The van der Waals surface area contributed by atoms with Crippen LogP contribution in [0, 0.1) is 5.92 Å². The van der Waals surface area contributed by atoms with E-state index >= 15 is 0 Å². The zero-order chi connectivity index (χ0) is 18.4. The Morgan fingerprint density at radius 2 is 1.89 bits per heavy atom. The second-order valence-electron chi connectivity index (χ2n) is 7.83. The lowest BCUT2D eigenvalue weighted by Crippen LogP contribution is -2.41. The lowest BCUT2D eigenvalue weighted by atomic mass is 9.98. The Bertz CT molecular complexity index is 957. The molecule has 0 N–H and O–H groups in total. The molecule has 3 heterocycles. The fourth-order valence-corrected chi connectivity index (χ4v) is 4.73. The van der Waals surface area contributed by atoms with Crippen molar-refractivity contribution < 1.29 is 0 Å². The van der Waals surface area contributed by atoms with Crippen molar-refractivity contribution in [3.8, 4) is 0 Å². The monoisotopic (exact) mass is 382 g/mol. The summed E-state index contributed by atoms with van der Waals surface area (Å²) in [6.07, 6.45) is 4.89. The van der Waals surface area contributed by atoms with Gasteiger partial charge in [0.05, 0.1) is 30.1 Å². The Kier molecular flexibility index (Phi) is 4.37. The maximum absolute atomic E-state index is 13.0. The predicted molar refractivity (Wildman–Crippen MR) is 106 cm³/mol. The van der Waals surface area contributed by atoms with E-state index in [1.165, 1.54) is 31.2 Å². The molecule has 0 unspecified atom stereocenters. The van der Waals surface area contributed by atoms with Crippen LogP contribution in [0.25, 0.3) is 0 Å². The fourth-order valence-electron chi connectivity index (χ4n) is 4.61. The first-order valence-corrected chi connectivity index (χ1v) is 10.2. The normalized spacial score (nSPS) is 19.8. The zero-order valence-electron chi connectivity index (χ0n) is 15.3. The summed E-state index contributed by atoms with van der Waals surface area (Å²) in [5.41, 5.74) is 4.15. The lowest BCUT2D eigenvalue weighted by Gasteiger charge is -2.29. The maximum Gasteiger partial charge on any atom is 0.259 e. The topological polar surface area (TPSA) is 50.5 Å². The van der Waals surface area contributed by atoms with E-state index in [1.807, 2.05) is 16.7 Å². The van der Waals surface area contributed by atoms with Crippen LogP contribution in [-0.4, -0.2) is 26.7 Å². The van der Waals surface area contributed by atoms with Crippen molar-refractivity contribution in [2.75, 3.05) is 6.54 Å². The summed E-state index contributed by atoms with van der Waals surface area (Å²) in [7, 11) is 0. The van der Waals surface area contributed by atoms with E-state index in [4.69, 9.17) is 21.6 Å². The highest BCUT2D eigenvalue weighted by molar-refractivity contribution is 6.30. The molecule has 1 aromatic carbocycles. The van der Waals surface area contributed by atoms with Gasteiger partial charge in [0.25, 0.3) is 5.56 Å². The van der Waals surface area contributed by atoms with Crippen molar-refractivity contribution in [2.24, 2.45) is 10.9 Å². The van der Waals surface area contributed by atoms with E-state index in [9.17, 15) is 4.79 Å². The molecule has 140 valence electrons. The Morgan fingerprint density at radius 3 is 2.67 bits per heavy atom. The van der Waals surface area contributed by atoms with Crippen LogP contribution in [0.15, 0.2) is 34.1 Å². The molecule has 1 saturated carbocycles. The average molecular weight is 383 g/mol. The minimum Gasteiger partial charge on any atom is -0.294 e.